The number of phenolic OH excluding ortho intramolecular Hbond substituents is 4. The first-order valence-electron chi connectivity index (χ1n) is 23.9. The Morgan fingerprint density at radius 2 is 0.567 bits per heavy atom. The summed E-state index contributed by atoms with van der Waals surface area (Å²) in [7, 11) is 0. The molecule has 336 valence electrons. The fourth-order valence-corrected chi connectivity index (χ4v) is 13.9. The molecule has 2 aliphatic rings. The van der Waals surface area contributed by atoms with Crippen LogP contribution in [-0.2, 0) is 21.7 Å². The lowest BCUT2D eigenvalue weighted by atomic mass is 9.34. The zero-order valence-electron chi connectivity index (χ0n) is 38.5. The molecule has 67 heavy (non-hydrogen) atoms. The number of phenols is 4. The minimum Gasteiger partial charge on any atom is -0.508 e. The Labute approximate surface area is 395 Å². The summed E-state index contributed by atoms with van der Waals surface area (Å²) in [6.07, 6.45) is 4.86. The van der Waals surface area contributed by atoms with Crippen molar-refractivity contribution in [2.75, 3.05) is 0 Å². The van der Waals surface area contributed by atoms with E-state index in [1.165, 1.54) is 44.5 Å². The van der Waals surface area contributed by atoms with Gasteiger partial charge in [-0.3, -0.25) is 0 Å². The molecule has 0 saturated heterocycles. The van der Waals surface area contributed by atoms with Gasteiger partial charge in [-0.15, -0.1) is 0 Å². The molecule has 0 heterocycles. The van der Waals surface area contributed by atoms with Crippen LogP contribution in [0.2, 0.25) is 0 Å². The maximum Gasteiger partial charge on any atom is 0.115 e. The van der Waals surface area contributed by atoms with Gasteiger partial charge in [0.25, 0.3) is 0 Å². The van der Waals surface area contributed by atoms with Crippen molar-refractivity contribution < 1.29 is 20.4 Å². The van der Waals surface area contributed by atoms with E-state index in [2.05, 4.69) is 184 Å². The highest BCUT2D eigenvalue weighted by atomic mass is 16.3. The Bertz CT molecular complexity index is 2700. The van der Waals surface area contributed by atoms with E-state index in [9.17, 15) is 20.4 Å². The lowest BCUT2D eigenvalue weighted by Crippen LogP contribution is -2.64. The van der Waals surface area contributed by atoms with E-state index in [0.29, 0.717) is 0 Å². The van der Waals surface area contributed by atoms with E-state index in [1.54, 1.807) is 0 Å². The van der Waals surface area contributed by atoms with Gasteiger partial charge in [0.15, 0.2) is 0 Å². The van der Waals surface area contributed by atoms with Crippen LogP contribution >= 0.6 is 0 Å². The minimum absolute atomic E-state index is 0.0423. The van der Waals surface area contributed by atoms with Crippen molar-refractivity contribution in [2.45, 2.75) is 85.9 Å². The summed E-state index contributed by atoms with van der Waals surface area (Å²) in [5.41, 5.74) is 7.35. The average Bonchev–Trinajstić information content (AvgIpc) is 3.38. The molecule has 4 nitrogen and oxygen atoms in total. The number of benzene rings is 8. The van der Waals surface area contributed by atoms with Gasteiger partial charge in [0.2, 0.25) is 0 Å². The second-order valence-electron chi connectivity index (χ2n) is 20.0. The summed E-state index contributed by atoms with van der Waals surface area (Å²) in [5, 5.41) is 43.4. The molecular weight excluding hydrogens is 821 g/mol. The second kappa shape index (κ2) is 17.3. The van der Waals surface area contributed by atoms with Gasteiger partial charge in [-0.25, -0.2) is 0 Å². The highest BCUT2D eigenvalue weighted by molar-refractivity contribution is 5.54. The SMILES string of the molecule is CC(C)(C1(c2ccc(O)cc2)CCC(c2ccccc2)(c2ccc(O)cc2)CC1c1ccccc1)C1(c2ccc(O)cc2)CCC(c2ccccc2)(c2ccc(O)cc2)CC1c1ccccc1. The lowest BCUT2D eigenvalue weighted by Gasteiger charge is -2.68. The molecule has 4 N–H and O–H groups in total. The van der Waals surface area contributed by atoms with Crippen LogP contribution in [0.25, 0.3) is 0 Å². The highest BCUT2D eigenvalue weighted by Crippen LogP contribution is 2.73. The Kier molecular flexibility index (Phi) is 11.3. The maximum absolute atomic E-state index is 11.1. The van der Waals surface area contributed by atoms with Crippen LogP contribution in [0.5, 0.6) is 23.0 Å². The Morgan fingerprint density at radius 1 is 0.313 bits per heavy atom. The van der Waals surface area contributed by atoms with Gasteiger partial charge in [0, 0.05) is 21.7 Å². The molecule has 2 fully saturated rings. The largest absolute Gasteiger partial charge is 0.508 e. The van der Waals surface area contributed by atoms with E-state index < -0.39 is 27.1 Å². The van der Waals surface area contributed by atoms with Gasteiger partial charge >= 0.3 is 0 Å². The van der Waals surface area contributed by atoms with Crippen molar-refractivity contribution in [1.29, 1.82) is 0 Å². The first-order valence-corrected chi connectivity index (χ1v) is 23.9. The number of hydrogen-bond donors (Lipinski definition) is 4. The van der Waals surface area contributed by atoms with Crippen molar-refractivity contribution >= 4 is 0 Å². The Hall–Kier alpha value is -7.04. The molecule has 0 radical (unpaired) electrons. The van der Waals surface area contributed by atoms with Crippen molar-refractivity contribution in [3.63, 3.8) is 0 Å². The third-order valence-corrected chi connectivity index (χ3v) is 17.1. The normalized spacial score (nSPS) is 25.3. The minimum atomic E-state index is -0.551. The zero-order chi connectivity index (χ0) is 46.3. The molecule has 8 aromatic rings. The van der Waals surface area contributed by atoms with Crippen LogP contribution in [0.3, 0.4) is 0 Å². The molecule has 4 heteroatoms. The van der Waals surface area contributed by atoms with Crippen LogP contribution in [0, 0.1) is 5.41 Å². The zero-order valence-corrected chi connectivity index (χ0v) is 38.5. The smallest absolute Gasteiger partial charge is 0.115 e. The summed E-state index contributed by atoms with van der Waals surface area (Å²) >= 11 is 0. The van der Waals surface area contributed by atoms with Crippen LogP contribution in [-0.4, -0.2) is 20.4 Å². The predicted molar refractivity (Wildman–Crippen MR) is 270 cm³/mol. The molecule has 0 spiro atoms. The predicted octanol–water partition coefficient (Wildman–Crippen LogP) is 14.6. The molecular formula is C63H60O4. The van der Waals surface area contributed by atoms with Gasteiger partial charge < -0.3 is 20.4 Å². The van der Waals surface area contributed by atoms with Gasteiger partial charge in [0.05, 0.1) is 0 Å². The first-order chi connectivity index (χ1) is 32.5. The Morgan fingerprint density at radius 3 is 0.866 bits per heavy atom. The quantitative estimate of drug-likeness (QED) is 0.110. The van der Waals surface area contributed by atoms with Crippen LogP contribution < -0.4 is 0 Å². The monoisotopic (exact) mass is 880 g/mol. The third-order valence-electron chi connectivity index (χ3n) is 17.1. The molecule has 0 aromatic heterocycles. The van der Waals surface area contributed by atoms with Crippen LogP contribution in [0.1, 0.15) is 109 Å². The maximum atomic E-state index is 11.1. The fraction of sp³-hybridized carbons (Fsp3) is 0.238. The van der Waals surface area contributed by atoms with E-state index >= 15 is 0 Å². The molecule has 6 atom stereocenters. The molecule has 0 amide bonds. The summed E-state index contributed by atoms with van der Waals surface area (Å²) in [6, 6.07) is 76.3. The van der Waals surface area contributed by atoms with Gasteiger partial charge in [-0.2, -0.15) is 0 Å². The first kappa shape index (κ1) is 43.8. The van der Waals surface area contributed by atoms with Gasteiger partial charge in [-0.1, -0.05) is 184 Å². The van der Waals surface area contributed by atoms with Gasteiger partial charge in [0.1, 0.15) is 23.0 Å². The highest BCUT2D eigenvalue weighted by Gasteiger charge is 2.68. The van der Waals surface area contributed by atoms with Crippen molar-refractivity contribution in [2.24, 2.45) is 5.41 Å². The standard InChI is InChI=1S/C63H60O4/c1-59(2,62(51-27-35-55(66)36-28-51)41-39-60(47-19-11-5-12-20-47,49-23-31-53(64)32-24-49)43-57(62)45-15-7-3-8-16-45)63(52-29-37-56(67)38-30-52)42-40-61(48-21-13-6-14-22-48,50-25-33-54(65)34-26-50)44-58(63)46-17-9-4-10-18-46/h3-38,57-58,64-67H,39-44H2,1-2H3. The van der Waals surface area contributed by atoms with Crippen LogP contribution in [0.4, 0.5) is 0 Å². The number of rotatable bonds is 10. The second-order valence-corrected chi connectivity index (χ2v) is 20.0. The van der Waals surface area contributed by atoms with Crippen molar-refractivity contribution in [3.8, 4) is 23.0 Å². The molecule has 8 aromatic carbocycles. The van der Waals surface area contributed by atoms with Crippen molar-refractivity contribution in [1.82, 2.24) is 0 Å². The fourth-order valence-electron chi connectivity index (χ4n) is 13.9. The molecule has 2 saturated carbocycles. The van der Waals surface area contributed by atoms with Crippen molar-refractivity contribution in [3.05, 3.63) is 263 Å². The molecule has 10 rings (SSSR count). The Balaban J connectivity index is 1.28. The summed E-state index contributed by atoms with van der Waals surface area (Å²) in [5.74, 6) is 0.891. The lowest BCUT2D eigenvalue weighted by molar-refractivity contribution is -0.0461. The third kappa shape index (κ3) is 7.20. The summed E-state index contributed by atoms with van der Waals surface area (Å²) < 4.78 is 0. The molecule has 6 unspecified atom stereocenters. The molecule has 0 bridgehead atoms. The van der Waals surface area contributed by atoms with E-state index in [0.717, 1.165) is 38.5 Å². The number of aromatic hydroxyl groups is 4. The van der Waals surface area contributed by atoms with E-state index in [-0.39, 0.29) is 34.8 Å². The molecule has 0 aliphatic heterocycles. The van der Waals surface area contributed by atoms with E-state index in [1.807, 2.05) is 48.5 Å². The average molecular weight is 881 g/mol. The molecule has 2 aliphatic carbocycles. The summed E-state index contributed by atoms with van der Waals surface area (Å²) in [6.45, 7) is 5.09. The summed E-state index contributed by atoms with van der Waals surface area (Å²) in [4.78, 5) is 0. The van der Waals surface area contributed by atoms with E-state index in [4.69, 9.17) is 0 Å². The van der Waals surface area contributed by atoms with Gasteiger partial charge in [-0.05, 0) is 149 Å². The van der Waals surface area contributed by atoms with Crippen LogP contribution in [0.15, 0.2) is 218 Å². The topological polar surface area (TPSA) is 80.9 Å². The number of hydrogen-bond acceptors (Lipinski definition) is 4.